The summed E-state index contributed by atoms with van der Waals surface area (Å²) in [5.41, 5.74) is 5.91. The molecule has 2 rings (SSSR count). The second kappa shape index (κ2) is 5.34. The van der Waals surface area contributed by atoms with Gasteiger partial charge in [-0.05, 0) is 49.6 Å². The van der Waals surface area contributed by atoms with Crippen LogP contribution in [0.25, 0.3) is 0 Å². The molecule has 1 saturated carbocycles. The van der Waals surface area contributed by atoms with E-state index in [0.717, 1.165) is 12.8 Å². The predicted octanol–water partition coefficient (Wildman–Crippen LogP) is 1.27. The number of benzene rings is 1. The van der Waals surface area contributed by atoms with E-state index >= 15 is 0 Å². The lowest BCUT2D eigenvalue weighted by molar-refractivity contribution is -0.00914. The quantitative estimate of drug-likeness (QED) is 0.617. The van der Waals surface area contributed by atoms with E-state index in [0.29, 0.717) is 18.0 Å². The molecule has 0 spiro atoms. The molecule has 0 bridgehead atoms. The molecule has 1 aliphatic carbocycles. The number of nitrogens with zero attached hydrogens (tertiary/aromatic N) is 1. The second-order valence-corrected chi connectivity index (χ2v) is 4.42. The van der Waals surface area contributed by atoms with Crippen molar-refractivity contribution >= 4 is 11.7 Å². The highest BCUT2D eigenvalue weighted by atomic mass is 16.8. The number of nitrogens with two attached hydrogens (primary N) is 1. The number of carbonyl (C=O) groups is 1. The van der Waals surface area contributed by atoms with Gasteiger partial charge in [-0.15, -0.1) is 0 Å². The molecule has 0 saturated heterocycles. The molecule has 98 valence electrons. The molecule has 1 aromatic carbocycles. The molecule has 1 aliphatic rings. The summed E-state index contributed by atoms with van der Waals surface area (Å²) in [6.45, 7) is 0.624. The standard InChI is InChI=1S/C12H15N2O4/c13-7-8-5-11(6-8)18-12(15)9-1-3-10(4-2-9)14(16)17/h1-4,8,11,16H,5-7,13H2/q-1. The second-order valence-electron chi connectivity index (χ2n) is 4.42. The highest BCUT2D eigenvalue weighted by molar-refractivity contribution is 5.90. The van der Waals surface area contributed by atoms with Crippen LogP contribution in [0.15, 0.2) is 24.3 Å². The lowest BCUT2D eigenvalue weighted by Gasteiger charge is -2.33. The van der Waals surface area contributed by atoms with Crippen LogP contribution in [-0.2, 0) is 4.74 Å². The summed E-state index contributed by atoms with van der Waals surface area (Å²) in [5.74, 6) is 0.0333. The van der Waals surface area contributed by atoms with E-state index in [1.807, 2.05) is 0 Å². The van der Waals surface area contributed by atoms with Crippen molar-refractivity contribution in [2.45, 2.75) is 18.9 Å². The third-order valence-corrected chi connectivity index (χ3v) is 3.12. The first-order chi connectivity index (χ1) is 8.60. The molecule has 1 fully saturated rings. The monoisotopic (exact) mass is 251 g/mol. The van der Waals surface area contributed by atoms with E-state index in [2.05, 4.69) is 0 Å². The highest BCUT2D eigenvalue weighted by Crippen LogP contribution is 2.29. The van der Waals surface area contributed by atoms with E-state index in [1.54, 1.807) is 0 Å². The molecule has 0 aromatic heterocycles. The van der Waals surface area contributed by atoms with E-state index in [4.69, 9.17) is 15.7 Å². The van der Waals surface area contributed by atoms with E-state index in [1.165, 1.54) is 24.3 Å². The Bertz CT molecular complexity index is 413. The van der Waals surface area contributed by atoms with Crippen molar-refractivity contribution < 1.29 is 14.7 Å². The molecule has 0 atom stereocenters. The molecule has 0 amide bonds. The minimum atomic E-state index is -0.419. The predicted molar refractivity (Wildman–Crippen MR) is 65.1 cm³/mol. The summed E-state index contributed by atoms with van der Waals surface area (Å²) in [6, 6.07) is 5.59. The number of rotatable bonds is 4. The molecule has 18 heavy (non-hydrogen) atoms. The summed E-state index contributed by atoms with van der Waals surface area (Å²) in [7, 11) is 0. The Kier molecular flexibility index (Phi) is 3.81. The van der Waals surface area contributed by atoms with Gasteiger partial charge in [0.05, 0.1) is 11.3 Å². The lowest BCUT2D eigenvalue weighted by Crippen LogP contribution is -2.37. The topological polar surface area (TPSA) is 98.9 Å². The van der Waals surface area contributed by atoms with Crippen molar-refractivity contribution in [1.29, 1.82) is 0 Å². The van der Waals surface area contributed by atoms with Crippen molar-refractivity contribution in [2.24, 2.45) is 11.7 Å². The largest absolute Gasteiger partial charge is 0.733 e. The summed E-state index contributed by atoms with van der Waals surface area (Å²) >= 11 is 0. The van der Waals surface area contributed by atoms with Gasteiger partial charge >= 0.3 is 5.97 Å². The van der Waals surface area contributed by atoms with E-state index in [-0.39, 0.29) is 17.0 Å². The van der Waals surface area contributed by atoms with Gasteiger partial charge in [0, 0.05) is 0 Å². The molecule has 1 aromatic rings. The van der Waals surface area contributed by atoms with Crippen molar-refractivity contribution in [3.63, 3.8) is 0 Å². The first-order valence-corrected chi connectivity index (χ1v) is 5.77. The zero-order valence-corrected chi connectivity index (χ0v) is 9.78. The van der Waals surface area contributed by atoms with Crippen LogP contribution in [0.5, 0.6) is 0 Å². The van der Waals surface area contributed by atoms with Crippen molar-refractivity contribution in [3.8, 4) is 0 Å². The van der Waals surface area contributed by atoms with E-state index in [9.17, 15) is 10.0 Å². The lowest BCUT2D eigenvalue weighted by atomic mass is 9.82. The molecule has 6 heteroatoms. The van der Waals surface area contributed by atoms with Crippen LogP contribution in [-0.4, -0.2) is 23.8 Å². The number of esters is 1. The maximum atomic E-state index is 11.7. The fourth-order valence-corrected chi connectivity index (χ4v) is 1.91. The van der Waals surface area contributed by atoms with Gasteiger partial charge in [0.25, 0.3) is 0 Å². The molecule has 6 nitrogen and oxygen atoms in total. The van der Waals surface area contributed by atoms with Crippen LogP contribution in [0.2, 0.25) is 0 Å². The summed E-state index contributed by atoms with van der Waals surface area (Å²) in [4.78, 5) is 11.7. The van der Waals surface area contributed by atoms with Gasteiger partial charge in [0.2, 0.25) is 0 Å². The molecular formula is C12H15N2O4-. The SMILES string of the molecule is NCC1CC(OC(=O)c2ccc(N([O-])O)cc2)C1. The van der Waals surface area contributed by atoms with Gasteiger partial charge in [-0.25, -0.2) is 4.79 Å². The number of anilines is 1. The minimum Gasteiger partial charge on any atom is -0.733 e. The van der Waals surface area contributed by atoms with Gasteiger partial charge in [0.1, 0.15) is 6.10 Å². The molecule has 0 unspecified atom stereocenters. The van der Waals surface area contributed by atoms with Gasteiger partial charge in [-0.3, -0.25) is 5.21 Å². The zero-order valence-electron chi connectivity index (χ0n) is 9.78. The molecule has 0 aliphatic heterocycles. The van der Waals surface area contributed by atoms with Crippen molar-refractivity contribution in [2.75, 3.05) is 11.8 Å². The molecule has 0 heterocycles. The Morgan fingerprint density at radius 1 is 1.44 bits per heavy atom. The molecular weight excluding hydrogens is 236 g/mol. The van der Waals surface area contributed by atoms with Crippen molar-refractivity contribution in [3.05, 3.63) is 35.0 Å². The fraction of sp³-hybridized carbons (Fsp3) is 0.417. The Labute approximate surface area is 104 Å². The van der Waals surface area contributed by atoms with Crippen LogP contribution < -0.4 is 11.0 Å². The van der Waals surface area contributed by atoms with Crippen LogP contribution in [0.3, 0.4) is 0 Å². The number of ether oxygens (including phenoxy) is 1. The van der Waals surface area contributed by atoms with Gasteiger partial charge < -0.3 is 20.9 Å². The highest BCUT2D eigenvalue weighted by Gasteiger charge is 2.31. The van der Waals surface area contributed by atoms with Gasteiger partial charge in [-0.2, -0.15) is 0 Å². The zero-order chi connectivity index (χ0) is 13.1. The maximum Gasteiger partial charge on any atom is 0.338 e. The first kappa shape index (κ1) is 12.8. The Morgan fingerprint density at radius 3 is 2.56 bits per heavy atom. The Morgan fingerprint density at radius 2 is 2.06 bits per heavy atom. The normalized spacial score (nSPS) is 22.2. The average Bonchev–Trinajstić information content (AvgIpc) is 2.33. The average molecular weight is 251 g/mol. The fourth-order valence-electron chi connectivity index (χ4n) is 1.91. The Balaban J connectivity index is 1.89. The van der Waals surface area contributed by atoms with Crippen molar-refractivity contribution in [1.82, 2.24) is 0 Å². The summed E-state index contributed by atoms with van der Waals surface area (Å²) in [5, 5.41) is 19.0. The maximum absolute atomic E-state index is 11.7. The number of carbonyl (C=O) groups excluding carboxylic acids is 1. The summed E-state index contributed by atoms with van der Waals surface area (Å²) in [6.07, 6.45) is 1.57. The van der Waals surface area contributed by atoms with Crippen LogP contribution >= 0.6 is 0 Å². The third-order valence-electron chi connectivity index (χ3n) is 3.12. The first-order valence-electron chi connectivity index (χ1n) is 5.77. The smallest absolute Gasteiger partial charge is 0.338 e. The van der Waals surface area contributed by atoms with Crippen LogP contribution in [0.4, 0.5) is 5.69 Å². The third kappa shape index (κ3) is 2.79. The number of hydrogen-bond donors (Lipinski definition) is 2. The summed E-state index contributed by atoms with van der Waals surface area (Å²) < 4.78 is 5.26. The van der Waals surface area contributed by atoms with Gasteiger partial charge in [-0.1, -0.05) is 0 Å². The van der Waals surface area contributed by atoms with Gasteiger partial charge in [0.15, 0.2) is 0 Å². The minimum absolute atomic E-state index is 0.0559. The molecule has 3 N–H and O–H groups in total. The van der Waals surface area contributed by atoms with Crippen LogP contribution in [0, 0.1) is 11.1 Å². The van der Waals surface area contributed by atoms with E-state index < -0.39 is 5.97 Å². The number of hydrogen-bond acceptors (Lipinski definition) is 6. The van der Waals surface area contributed by atoms with Crippen LogP contribution in [0.1, 0.15) is 23.2 Å². The Hall–Kier alpha value is -1.63. The molecule has 0 radical (unpaired) electrons.